The van der Waals surface area contributed by atoms with E-state index < -0.39 is 32.5 Å². The van der Waals surface area contributed by atoms with Crippen LogP contribution in [0, 0.1) is 10.7 Å². The van der Waals surface area contributed by atoms with Crippen molar-refractivity contribution in [2.45, 2.75) is 44.9 Å². The molecule has 2 heterocycles. The Morgan fingerprint density at radius 3 is 2.84 bits per heavy atom. The summed E-state index contributed by atoms with van der Waals surface area (Å²) in [7, 11) is -1.50. The Balaban J connectivity index is 1.63. The van der Waals surface area contributed by atoms with Gasteiger partial charge in [-0.1, -0.05) is 11.6 Å². The van der Waals surface area contributed by atoms with Crippen LogP contribution in [0.5, 0.6) is 5.75 Å². The second-order valence-electron chi connectivity index (χ2n) is 8.13. The van der Waals surface area contributed by atoms with Gasteiger partial charge in [0.1, 0.15) is 23.2 Å². The van der Waals surface area contributed by atoms with Gasteiger partial charge < -0.3 is 18.9 Å². The van der Waals surface area contributed by atoms with Crippen LogP contribution < -0.4 is 9.72 Å². The second-order valence-corrected chi connectivity index (χ2v) is 11.2. The number of rotatable bonds is 5. The molecule has 0 bridgehead atoms. The predicted octanol–water partition coefficient (Wildman–Crippen LogP) is 3.93. The average molecular weight is 502 g/mol. The molecule has 1 aliphatic heterocycles. The molecule has 0 aliphatic carbocycles. The summed E-state index contributed by atoms with van der Waals surface area (Å²) in [4.78, 5) is 29.8. The highest BCUT2D eigenvalue weighted by atomic mass is 35.5. The number of nitrogens with one attached hydrogen (secondary N) is 2. The zero-order valence-electron chi connectivity index (χ0n) is 17.7. The Morgan fingerprint density at radius 1 is 1.47 bits per heavy atom. The Morgan fingerprint density at radius 2 is 2.22 bits per heavy atom. The molecule has 0 saturated carbocycles. The monoisotopic (exact) mass is 501 g/mol. The number of carbonyl (C=O) groups excluding carboxylic acids is 2. The number of amides is 2. The zero-order valence-corrected chi connectivity index (χ0v) is 20.3. The van der Waals surface area contributed by atoms with E-state index in [1.165, 1.54) is 17.0 Å². The van der Waals surface area contributed by atoms with Gasteiger partial charge in [-0.05, 0) is 57.6 Å². The topological polar surface area (TPSA) is 110 Å². The van der Waals surface area contributed by atoms with E-state index in [2.05, 4.69) is 15.2 Å². The highest BCUT2D eigenvalue weighted by Gasteiger charge is 2.39. The smallest absolute Gasteiger partial charge is 0.410 e. The maximum Gasteiger partial charge on any atom is 0.410 e. The van der Waals surface area contributed by atoms with Gasteiger partial charge in [0, 0.05) is 12.2 Å². The van der Waals surface area contributed by atoms with E-state index in [4.69, 9.17) is 37.7 Å². The van der Waals surface area contributed by atoms with Gasteiger partial charge in [-0.3, -0.25) is 9.69 Å². The SMILES string of the molecule is CC(C)(C)OC(=O)N1C[Si](NC(=O)COc2ccc(Cl)c(F)c2)CC[C@@H]1c1n[nH]c(=S)o1. The molecule has 3 rings (SSSR count). The Labute approximate surface area is 195 Å². The van der Waals surface area contributed by atoms with E-state index in [1.807, 2.05) is 0 Å². The molecule has 2 amide bonds. The molecule has 32 heavy (non-hydrogen) atoms. The Hall–Kier alpha value is -2.44. The second kappa shape index (κ2) is 10.0. The Kier molecular flexibility index (Phi) is 7.57. The van der Waals surface area contributed by atoms with Gasteiger partial charge in [0.2, 0.25) is 11.8 Å². The molecule has 1 aliphatic rings. The van der Waals surface area contributed by atoms with Crippen molar-refractivity contribution in [1.82, 2.24) is 20.1 Å². The summed E-state index contributed by atoms with van der Waals surface area (Å²) in [5.74, 6) is -0.512. The molecule has 2 aromatic rings. The summed E-state index contributed by atoms with van der Waals surface area (Å²) in [5, 5.41) is 6.58. The average Bonchev–Trinajstić information content (AvgIpc) is 3.13. The van der Waals surface area contributed by atoms with Crippen LogP contribution in [0.25, 0.3) is 0 Å². The van der Waals surface area contributed by atoms with E-state index in [9.17, 15) is 14.0 Å². The fourth-order valence-corrected chi connectivity index (χ4v) is 5.53. The highest BCUT2D eigenvalue weighted by molar-refractivity contribution is 7.71. The van der Waals surface area contributed by atoms with Gasteiger partial charge in [0.05, 0.1) is 5.02 Å². The summed E-state index contributed by atoms with van der Waals surface area (Å²) in [6, 6.07) is 4.14. The lowest BCUT2D eigenvalue weighted by Crippen LogP contribution is -2.55. The van der Waals surface area contributed by atoms with Crippen LogP contribution in [0.2, 0.25) is 11.1 Å². The molecule has 1 radical (unpaired) electrons. The molecular weight excluding hydrogens is 479 g/mol. The van der Waals surface area contributed by atoms with Crippen molar-refractivity contribution in [3.63, 3.8) is 0 Å². The third-order valence-corrected chi connectivity index (χ3v) is 7.13. The molecule has 2 N–H and O–H groups in total. The molecule has 1 fully saturated rings. The molecule has 13 heteroatoms. The molecule has 1 saturated heterocycles. The molecule has 1 aromatic heterocycles. The lowest BCUT2D eigenvalue weighted by Gasteiger charge is -2.37. The quantitative estimate of drug-likeness (QED) is 0.471. The van der Waals surface area contributed by atoms with Crippen molar-refractivity contribution < 1.29 is 27.9 Å². The van der Waals surface area contributed by atoms with E-state index in [-0.39, 0.29) is 34.3 Å². The number of aromatic nitrogens is 2. The number of ether oxygens (including phenoxy) is 2. The van der Waals surface area contributed by atoms with Crippen molar-refractivity contribution in [3.05, 3.63) is 39.8 Å². The normalized spacial score (nSPS) is 17.2. The van der Waals surface area contributed by atoms with Crippen molar-refractivity contribution in [2.24, 2.45) is 0 Å². The maximum atomic E-state index is 13.5. The minimum absolute atomic E-state index is 0.0296. The first kappa shape index (κ1) is 24.2. The van der Waals surface area contributed by atoms with Gasteiger partial charge in [0.25, 0.3) is 4.84 Å². The lowest BCUT2D eigenvalue weighted by molar-refractivity contribution is -0.121. The van der Waals surface area contributed by atoms with E-state index in [0.717, 1.165) is 6.07 Å². The summed E-state index contributed by atoms with van der Waals surface area (Å²) in [6.07, 6.45) is 0.261. The summed E-state index contributed by atoms with van der Waals surface area (Å²) < 4.78 is 29.8. The standard InChI is InChI=1S/C19H23ClFN4O5SSi/c1-19(2,3)30-18(27)25-10-32(7-6-14(25)16-22-23-17(31)29-16)24-15(26)9-28-11-4-5-12(20)13(21)8-11/h4-5,8,14H,6-7,9-10H2,1-3H3,(H,23,31)(H,24,26)/t14-/m1/s1. The van der Waals surface area contributed by atoms with Crippen LogP contribution >= 0.6 is 23.8 Å². The third-order valence-electron chi connectivity index (χ3n) is 4.40. The van der Waals surface area contributed by atoms with Crippen molar-refractivity contribution >= 4 is 44.8 Å². The van der Waals surface area contributed by atoms with E-state index in [0.29, 0.717) is 18.4 Å². The largest absolute Gasteiger partial charge is 0.484 e. The van der Waals surface area contributed by atoms with Crippen LogP contribution in [0.3, 0.4) is 0 Å². The van der Waals surface area contributed by atoms with Gasteiger partial charge in [0.15, 0.2) is 15.6 Å². The number of carbonyl (C=O) groups is 2. The number of hydrogen-bond donors (Lipinski definition) is 2. The minimum Gasteiger partial charge on any atom is -0.484 e. The summed E-state index contributed by atoms with van der Waals surface area (Å²) in [5.41, 5.74) is -0.692. The maximum absolute atomic E-state index is 13.5. The zero-order chi connectivity index (χ0) is 23.5. The van der Waals surface area contributed by atoms with E-state index >= 15 is 0 Å². The Bertz CT molecular complexity index is 1040. The minimum atomic E-state index is -1.50. The van der Waals surface area contributed by atoms with Crippen molar-refractivity contribution in [2.75, 3.05) is 12.8 Å². The fraction of sp³-hybridized carbons (Fsp3) is 0.474. The molecule has 0 unspecified atom stereocenters. The van der Waals surface area contributed by atoms with Crippen LogP contribution in [0.15, 0.2) is 22.6 Å². The number of nitrogens with zero attached hydrogens (tertiary/aromatic N) is 2. The molecular formula is C19H23ClFN4O5SSi. The molecule has 1 aromatic carbocycles. The van der Waals surface area contributed by atoms with Gasteiger partial charge in [-0.25, -0.2) is 14.3 Å². The van der Waals surface area contributed by atoms with Crippen molar-refractivity contribution in [3.8, 4) is 5.75 Å². The van der Waals surface area contributed by atoms with Crippen LogP contribution in [-0.4, -0.2) is 54.4 Å². The van der Waals surface area contributed by atoms with Crippen LogP contribution in [-0.2, 0) is 9.53 Å². The van der Waals surface area contributed by atoms with Crippen LogP contribution in [0.1, 0.15) is 39.1 Å². The first-order valence-electron chi connectivity index (χ1n) is 9.79. The summed E-state index contributed by atoms with van der Waals surface area (Å²) >= 11 is 10.6. The third kappa shape index (κ3) is 6.53. The lowest BCUT2D eigenvalue weighted by atomic mass is 10.2. The molecule has 1 atom stereocenters. The number of halogens is 2. The molecule has 0 spiro atoms. The predicted molar refractivity (Wildman–Crippen MR) is 118 cm³/mol. The fourth-order valence-electron chi connectivity index (χ4n) is 3.07. The van der Waals surface area contributed by atoms with Crippen LogP contribution in [0.4, 0.5) is 9.18 Å². The first-order valence-corrected chi connectivity index (χ1v) is 12.5. The van der Waals surface area contributed by atoms with Gasteiger partial charge in [-0.2, -0.15) is 0 Å². The first-order chi connectivity index (χ1) is 15.0. The van der Waals surface area contributed by atoms with E-state index in [1.54, 1.807) is 20.8 Å². The molecule has 173 valence electrons. The van der Waals surface area contributed by atoms with Gasteiger partial charge in [-0.15, -0.1) is 5.10 Å². The number of aromatic amines is 1. The number of H-pyrrole nitrogens is 1. The number of benzene rings is 1. The molecule has 9 nitrogen and oxygen atoms in total. The van der Waals surface area contributed by atoms with Gasteiger partial charge >= 0.3 is 6.09 Å². The summed E-state index contributed by atoms with van der Waals surface area (Å²) in [6.45, 7) is 5.03. The van der Waals surface area contributed by atoms with Crippen molar-refractivity contribution in [1.29, 1.82) is 0 Å². The highest BCUT2D eigenvalue weighted by Crippen LogP contribution is 2.31. The number of hydrogen-bond acceptors (Lipinski definition) is 7.